The number of carbonyl (C=O) groups excluding carboxylic acids is 1. The van der Waals surface area contributed by atoms with Crippen LogP contribution in [0.5, 0.6) is 11.6 Å². The van der Waals surface area contributed by atoms with Crippen LogP contribution in [0, 0.1) is 0 Å². The van der Waals surface area contributed by atoms with E-state index in [0.29, 0.717) is 55.2 Å². The molecule has 0 radical (unpaired) electrons. The number of fused-ring (bicyclic) bond motifs is 1. The first kappa shape index (κ1) is 16.2. The van der Waals surface area contributed by atoms with Crippen molar-refractivity contribution in [2.45, 2.75) is 12.6 Å². The first-order chi connectivity index (χ1) is 12.2. The Hall–Kier alpha value is -2.25. The molecule has 1 fully saturated rings. The summed E-state index contributed by atoms with van der Waals surface area (Å²) >= 11 is 6.34. The lowest BCUT2D eigenvalue weighted by Crippen LogP contribution is -2.42. The number of carbonyl (C=O) groups is 1. The molecule has 0 N–H and O–H groups in total. The zero-order valence-electron chi connectivity index (χ0n) is 13.8. The maximum atomic E-state index is 12.8. The molecule has 1 saturated heterocycles. The number of nitrogens with zero attached hydrogens (tertiary/aromatic N) is 3. The van der Waals surface area contributed by atoms with Crippen LogP contribution < -0.4 is 9.47 Å². The summed E-state index contributed by atoms with van der Waals surface area (Å²) in [5.74, 6) is 1.16. The van der Waals surface area contributed by atoms with E-state index >= 15 is 0 Å². The fourth-order valence-electron chi connectivity index (χ4n) is 3.20. The highest BCUT2D eigenvalue weighted by Crippen LogP contribution is 2.36. The number of aromatic nitrogens is 2. The molecule has 0 spiro atoms. The highest BCUT2D eigenvalue weighted by Gasteiger charge is 2.31. The van der Waals surface area contributed by atoms with Crippen LogP contribution in [-0.4, -0.2) is 54.0 Å². The van der Waals surface area contributed by atoms with Gasteiger partial charge in [-0.25, -0.2) is 4.68 Å². The van der Waals surface area contributed by atoms with Crippen molar-refractivity contribution in [1.29, 1.82) is 0 Å². The summed E-state index contributed by atoms with van der Waals surface area (Å²) in [6.45, 7) is 2.59. The fraction of sp³-hybridized carbons (Fsp3) is 0.412. The second-order valence-electron chi connectivity index (χ2n) is 5.91. The van der Waals surface area contributed by atoms with Gasteiger partial charge in [0.05, 0.1) is 31.8 Å². The number of amides is 1. The van der Waals surface area contributed by atoms with Gasteiger partial charge in [0, 0.05) is 18.2 Å². The smallest absolute Gasteiger partial charge is 0.274 e. The van der Waals surface area contributed by atoms with Crippen molar-refractivity contribution in [2.75, 3.05) is 33.4 Å². The fourth-order valence-corrected chi connectivity index (χ4v) is 3.48. The lowest BCUT2D eigenvalue weighted by atomic mass is 10.1. The first-order valence-electron chi connectivity index (χ1n) is 8.11. The van der Waals surface area contributed by atoms with Crippen LogP contribution in [0.1, 0.15) is 22.2 Å². The van der Waals surface area contributed by atoms with E-state index in [2.05, 4.69) is 5.10 Å². The maximum absolute atomic E-state index is 12.8. The van der Waals surface area contributed by atoms with E-state index in [9.17, 15) is 4.79 Å². The second-order valence-corrected chi connectivity index (χ2v) is 6.31. The van der Waals surface area contributed by atoms with Gasteiger partial charge < -0.3 is 19.1 Å². The van der Waals surface area contributed by atoms with E-state index < -0.39 is 0 Å². The number of methoxy groups -OCH3 is 1. The molecule has 0 bridgehead atoms. The maximum Gasteiger partial charge on any atom is 0.274 e. The summed E-state index contributed by atoms with van der Waals surface area (Å²) in [7, 11) is 1.59. The van der Waals surface area contributed by atoms with Crippen molar-refractivity contribution in [2.24, 2.45) is 0 Å². The lowest BCUT2D eigenvalue weighted by molar-refractivity contribution is -0.0238. The van der Waals surface area contributed by atoms with Gasteiger partial charge >= 0.3 is 0 Å². The van der Waals surface area contributed by atoms with Gasteiger partial charge in [0.2, 0.25) is 5.88 Å². The van der Waals surface area contributed by atoms with Gasteiger partial charge in [-0.3, -0.25) is 4.79 Å². The second kappa shape index (κ2) is 6.57. The quantitative estimate of drug-likeness (QED) is 0.836. The Bertz CT molecular complexity index is 786. The summed E-state index contributed by atoms with van der Waals surface area (Å²) in [6.07, 6.45) is -0.341. The number of hydrogen-bond acceptors (Lipinski definition) is 5. The third-order valence-electron chi connectivity index (χ3n) is 4.42. The molecular weight excluding hydrogens is 346 g/mol. The largest absolute Gasteiger partial charge is 0.496 e. The van der Waals surface area contributed by atoms with E-state index in [1.165, 1.54) is 0 Å². The molecule has 0 aliphatic carbocycles. The van der Waals surface area contributed by atoms with E-state index in [0.717, 1.165) is 5.56 Å². The van der Waals surface area contributed by atoms with Gasteiger partial charge in [-0.2, -0.15) is 5.10 Å². The summed E-state index contributed by atoms with van der Waals surface area (Å²) in [5.41, 5.74) is 1.15. The van der Waals surface area contributed by atoms with Crippen LogP contribution in [-0.2, 0) is 11.3 Å². The number of morpholine rings is 1. The minimum atomic E-state index is -0.341. The lowest BCUT2D eigenvalue weighted by Gasteiger charge is -2.33. The van der Waals surface area contributed by atoms with Gasteiger partial charge in [-0.15, -0.1) is 0 Å². The van der Waals surface area contributed by atoms with Crippen molar-refractivity contribution >= 4 is 17.5 Å². The Kier molecular flexibility index (Phi) is 4.27. The molecule has 7 nitrogen and oxygen atoms in total. The zero-order valence-corrected chi connectivity index (χ0v) is 14.5. The molecule has 1 amide bonds. The molecule has 1 aromatic heterocycles. The molecule has 1 aromatic carbocycles. The molecule has 2 aliphatic rings. The van der Waals surface area contributed by atoms with Crippen LogP contribution in [0.15, 0.2) is 24.3 Å². The number of rotatable bonds is 3. The van der Waals surface area contributed by atoms with E-state index in [4.69, 9.17) is 25.8 Å². The third kappa shape index (κ3) is 2.94. The van der Waals surface area contributed by atoms with E-state index in [1.54, 1.807) is 28.8 Å². The van der Waals surface area contributed by atoms with Gasteiger partial charge in [-0.1, -0.05) is 17.7 Å². The number of ether oxygens (including phenoxy) is 3. The zero-order chi connectivity index (χ0) is 17.4. The van der Waals surface area contributed by atoms with Crippen molar-refractivity contribution < 1.29 is 19.0 Å². The molecule has 25 heavy (non-hydrogen) atoms. The minimum Gasteiger partial charge on any atom is -0.496 e. The van der Waals surface area contributed by atoms with Gasteiger partial charge in [0.1, 0.15) is 18.5 Å². The molecule has 0 saturated carbocycles. The van der Waals surface area contributed by atoms with Crippen LogP contribution >= 0.6 is 11.6 Å². The van der Waals surface area contributed by atoms with E-state index in [1.807, 2.05) is 12.1 Å². The summed E-state index contributed by atoms with van der Waals surface area (Å²) in [5, 5.41) is 4.89. The molecule has 2 aliphatic heterocycles. The van der Waals surface area contributed by atoms with Crippen molar-refractivity contribution in [3.05, 3.63) is 40.5 Å². The Labute approximate surface area is 150 Å². The van der Waals surface area contributed by atoms with E-state index in [-0.39, 0.29) is 12.0 Å². The summed E-state index contributed by atoms with van der Waals surface area (Å²) in [4.78, 5) is 14.5. The molecule has 4 rings (SSSR count). The molecule has 1 atom stereocenters. The molecular formula is C17H18ClN3O4. The van der Waals surface area contributed by atoms with Crippen molar-refractivity contribution in [1.82, 2.24) is 14.7 Å². The van der Waals surface area contributed by atoms with Crippen LogP contribution in [0.2, 0.25) is 5.02 Å². The molecule has 3 heterocycles. The molecule has 8 heteroatoms. The average Bonchev–Trinajstić information content (AvgIpc) is 3.23. The average molecular weight is 364 g/mol. The monoisotopic (exact) mass is 363 g/mol. The standard InChI is InChI=1S/C17H18ClN3O4/c1-23-13-4-2-3-11(18)16(13)14-10-20(5-7-24-14)17(22)12-9-15-21(19-12)6-8-25-15/h2-4,9,14H,5-8,10H2,1H3. The Balaban J connectivity index is 1.56. The Morgan fingerprint density at radius 2 is 2.24 bits per heavy atom. The minimum absolute atomic E-state index is 0.134. The van der Waals surface area contributed by atoms with Crippen molar-refractivity contribution in [3.8, 4) is 11.6 Å². The Morgan fingerprint density at radius 1 is 1.36 bits per heavy atom. The molecule has 2 aromatic rings. The van der Waals surface area contributed by atoms with Crippen LogP contribution in [0.4, 0.5) is 0 Å². The highest BCUT2D eigenvalue weighted by atomic mass is 35.5. The normalized spacial score (nSPS) is 19.4. The van der Waals surface area contributed by atoms with Crippen LogP contribution in [0.3, 0.4) is 0 Å². The summed E-state index contributed by atoms with van der Waals surface area (Å²) < 4.78 is 18.4. The topological polar surface area (TPSA) is 65.8 Å². The molecule has 1 unspecified atom stereocenters. The van der Waals surface area contributed by atoms with Gasteiger partial charge in [0.15, 0.2) is 5.69 Å². The third-order valence-corrected chi connectivity index (χ3v) is 4.75. The van der Waals surface area contributed by atoms with Gasteiger partial charge in [-0.05, 0) is 12.1 Å². The van der Waals surface area contributed by atoms with Crippen molar-refractivity contribution in [3.63, 3.8) is 0 Å². The van der Waals surface area contributed by atoms with Gasteiger partial charge in [0.25, 0.3) is 5.91 Å². The Morgan fingerprint density at radius 3 is 3.04 bits per heavy atom. The predicted molar refractivity (Wildman–Crippen MR) is 90.3 cm³/mol. The highest BCUT2D eigenvalue weighted by molar-refractivity contribution is 6.31. The summed E-state index contributed by atoms with van der Waals surface area (Å²) in [6, 6.07) is 7.14. The molecule has 132 valence electrons. The predicted octanol–water partition coefficient (Wildman–Crippen LogP) is 2.15. The number of halogens is 1. The first-order valence-corrected chi connectivity index (χ1v) is 8.49. The van der Waals surface area contributed by atoms with Crippen LogP contribution in [0.25, 0.3) is 0 Å². The SMILES string of the molecule is COc1cccc(Cl)c1C1CN(C(=O)c2cc3n(n2)CCO3)CCO1. The number of benzene rings is 1. The number of hydrogen-bond donors (Lipinski definition) is 0.